The molecule has 6 nitrogen and oxygen atoms in total. The Morgan fingerprint density at radius 2 is 2.00 bits per heavy atom. The average molecular weight is 364 g/mol. The fourth-order valence-corrected chi connectivity index (χ4v) is 3.18. The molecule has 0 amide bonds. The molecule has 0 unspecified atom stereocenters. The van der Waals surface area contributed by atoms with E-state index in [1.165, 1.54) is 6.20 Å². The zero-order valence-electron chi connectivity index (χ0n) is 15.2. The van der Waals surface area contributed by atoms with Gasteiger partial charge in [-0.25, -0.2) is 14.8 Å². The SMILES string of the molecule is Cc1cc(C)c2nc(-c3cc(C)nn3Cc3cccnc3F)oc(=O)c2c1. The van der Waals surface area contributed by atoms with E-state index >= 15 is 0 Å². The lowest BCUT2D eigenvalue weighted by Crippen LogP contribution is -2.10. The topological polar surface area (TPSA) is 73.8 Å². The quantitative estimate of drug-likeness (QED) is 0.520. The fraction of sp³-hybridized carbons (Fsp3) is 0.200. The molecule has 4 aromatic rings. The van der Waals surface area contributed by atoms with Crippen molar-refractivity contribution in [3.05, 3.63) is 75.3 Å². The molecule has 0 aliphatic carbocycles. The van der Waals surface area contributed by atoms with E-state index in [0.717, 1.165) is 11.1 Å². The number of benzene rings is 1. The largest absolute Gasteiger partial charge is 0.401 e. The number of hydrogen-bond donors (Lipinski definition) is 0. The third-order valence-electron chi connectivity index (χ3n) is 4.35. The Morgan fingerprint density at radius 1 is 1.19 bits per heavy atom. The normalized spacial score (nSPS) is 11.3. The Bertz CT molecular complexity index is 1230. The summed E-state index contributed by atoms with van der Waals surface area (Å²) in [6, 6.07) is 8.79. The summed E-state index contributed by atoms with van der Waals surface area (Å²) < 4.78 is 21.0. The lowest BCUT2D eigenvalue weighted by atomic mass is 10.1. The predicted molar refractivity (Wildman–Crippen MR) is 99.0 cm³/mol. The molecule has 4 rings (SSSR count). The molecular weight excluding hydrogens is 347 g/mol. The Hall–Kier alpha value is -3.35. The molecule has 0 atom stereocenters. The van der Waals surface area contributed by atoms with Crippen LogP contribution in [0.1, 0.15) is 22.4 Å². The van der Waals surface area contributed by atoms with E-state index < -0.39 is 11.6 Å². The predicted octanol–water partition coefficient (Wildman–Crippen LogP) is 3.56. The van der Waals surface area contributed by atoms with Gasteiger partial charge in [0.15, 0.2) is 0 Å². The summed E-state index contributed by atoms with van der Waals surface area (Å²) in [5, 5.41) is 4.83. The Balaban J connectivity index is 1.87. The van der Waals surface area contributed by atoms with Crippen LogP contribution in [0.25, 0.3) is 22.5 Å². The summed E-state index contributed by atoms with van der Waals surface area (Å²) in [6.45, 7) is 5.78. The van der Waals surface area contributed by atoms with Gasteiger partial charge in [-0.3, -0.25) is 4.68 Å². The Labute approximate surface area is 154 Å². The van der Waals surface area contributed by atoms with Crippen LogP contribution >= 0.6 is 0 Å². The van der Waals surface area contributed by atoms with E-state index in [4.69, 9.17) is 4.42 Å². The highest BCUT2D eigenvalue weighted by Gasteiger charge is 2.17. The molecule has 0 spiro atoms. The highest BCUT2D eigenvalue weighted by atomic mass is 19.1. The van der Waals surface area contributed by atoms with Gasteiger partial charge in [-0.2, -0.15) is 9.49 Å². The Morgan fingerprint density at radius 3 is 2.78 bits per heavy atom. The number of rotatable bonds is 3. The number of aryl methyl sites for hydroxylation is 3. The average Bonchev–Trinajstić information content (AvgIpc) is 2.98. The van der Waals surface area contributed by atoms with Crippen molar-refractivity contribution in [1.29, 1.82) is 0 Å². The highest BCUT2D eigenvalue weighted by molar-refractivity contribution is 5.82. The molecule has 27 heavy (non-hydrogen) atoms. The summed E-state index contributed by atoms with van der Waals surface area (Å²) in [5.74, 6) is -0.403. The maximum Gasteiger partial charge on any atom is 0.347 e. The molecular formula is C20H17FN4O2. The van der Waals surface area contributed by atoms with E-state index in [0.29, 0.717) is 27.9 Å². The third kappa shape index (κ3) is 3.12. The van der Waals surface area contributed by atoms with Crippen LogP contribution in [-0.4, -0.2) is 19.7 Å². The van der Waals surface area contributed by atoms with Crippen molar-refractivity contribution in [1.82, 2.24) is 19.7 Å². The van der Waals surface area contributed by atoms with Crippen LogP contribution in [-0.2, 0) is 6.54 Å². The molecule has 0 saturated carbocycles. The minimum absolute atomic E-state index is 0.152. The molecule has 136 valence electrons. The van der Waals surface area contributed by atoms with Crippen molar-refractivity contribution in [2.75, 3.05) is 0 Å². The molecule has 7 heteroatoms. The van der Waals surface area contributed by atoms with Gasteiger partial charge in [0.05, 0.1) is 23.1 Å². The zero-order valence-corrected chi connectivity index (χ0v) is 15.2. The molecule has 0 aliphatic heterocycles. The minimum Gasteiger partial charge on any atom is -0.401 e. The molecule has 0 bridgehead atoms. The molecule has 1 aromatic carbocycles. The molecule has 3 aromatic heterocycles. The smallest absolute Gasteiger partial charge is 0.347 e. The molecule has 0 radical (unpaired) electrons. The lowest BCUT2D eigenvalue weighted by Gasteiger charge is -2.08. The number of nitrogens with zero attached hydrogens (tertiary/aromatic N) is 4. The van der Waals surface area contributed by atoms with Crippen molar-refractivity contribution in [3.63, 3.8) is 0 Å². The standard InChI is InChI=1S/C20H17FN4O2/c1-11-7-12(2)17-15(8-11)20(26)27-19(23-17)16-9-13(3)24-25(16)10-14-5-4-6-22-18(14)21/h4-9H,10H2,1-3H3. The van der Waals surface area contributed by atoms with Crippen molar-refractivity contribution in [2.24, 2.45) is 0 Å². The first-order chi connectivity index (χ1) is 12.9. The maximum atomic E-state index is 13.9. The first kappa shape index (κ1) is 17.1. The van der Waals surface area contributed by atoms with Crippen LogP contribution < -0.4 is 5.63 Å². The summed E-state index contributed by atoms with van der Waals surface area (Å²) in [6.07, 6.45) is 1.39. The molecule has 3 heterocycles. The first-order valence-corrected chi connectivity index (χ1v) is 8.48. The second-order valence-corrected chi connectivity index (χ2v) is 6.57. The van der Waals surface area contributed by atoms with Crippen LogP contribution in [0, 0.1) is 26.7 Å². The molecule has 0 fully saturated rings. The van der Waals surface area contributed by atoms with Crippen molar-refractivity contribution in [3.8, 4) is 11.6 Å². The van der Waals surface area contributed by atoms with Crippen LogP contribution in [0.2, 0.25) is 0 Å². The molecule has 0 N–H and O–H groups in total. The third-order valence-corrected chi connectivity index (χ3v) is 4.35. The fourth-order valence-electron chi connectivity index (χ4n) is 3.18. The summed E-state index contributed by atoms with van der Waals surface area (Å²) in [5.41, 5.74) is 3.59. The van der Waals surface area contributed by atoms with Gasteiger partial charge in [-0.05, 0) is 50.1 Å². The number of halogens is 1. The number of pyridine rings is 1. The second kappa shape index (κ2) is 6.42. The van der Waals surface area contributed by atoms with Crippen LogP contribution in [0.15, 0.2) is 45.7 Å². The van der Waals surface area contributed by atoms with Crippen molar-refractivity contribution < 1.29 is 8.81 Å². The summed E-state index contributed by atoms with van der Waals surface area (Å²) in [7, 11) is 0. The van der Waals surface area contributed by atoms with E-state index in [2.05, 4.69) is 15.1 Å². The lowest BCUT2D eigenvalue weighted by molar-refractivity contribution is 0.505. The van der Waals surface area contributed by atoms with E-state index in [9.17, 15) is 9.18 Å². The van der Waals surface area contributed by atoms with Gasteiger partial charge in [0.25, 0.3) is 0 Å². The van der Waals surface area contributed by atoms with Crippen LogP contribution in [0.5, 0.6) is 0 Å². The maximum absolute atomic E-state index is 13.9. The molecule has 0 saturated heterocycles. The molecule has 0 aliphatic rings. The number of fused-ring (bicyclic) bond motifs is 1. The first-order valence-electron chi connectivity index (χ1n) is 8.48. The zero-order chi connectivity index (χ0) is 19.1. The Kier molecular flexibility index (Phi) is 4.07. The highest BCUT2D eigenvalue weighted by Crippen LogP contribution is 2.23. The number of aromatic nitrogens is 4. The van der Waals surface area contributed by atoms with Gasteiger partial charge < -0.3 is 4.42 Å². The van der Waals surface area contributed by atoms with Crippen molar-refractivity contribution >= 4 is 10.9 Å². The van der Waals surface area contributed by atoms with Gasteiger partial charge in [0, 0.05) is 11.8 Å². The van der Waals surface area contributed by atoms with Gasteiger partial charge in [0.1, 0.15) is 5.69 Å². The summed E-state index contributed by atoms with van der Waals surface area (Å²) in [4.78, 5) is 20.7. The van der Waals surface area contributed by atoms with Crippen LogP contribution in [0.3, 0.4) is 0 Å². The van der Waals surface area contributed by atoms with E-state index in [1.54, 1.807) is 28.9 Å². The van der Waals surface area contributed by atoms with Gasteiger partial charge in [0.2, 0.25) is 11.8 Å². The number of hydrogen-bond acceptors (Lipinski definition) is 5. The van der Waals surface area contributed by atoms with Crippen molar-refractivity contribution in [2.45, 2.75) is 27.3 Å². The van der Waals surface area contributed by atoms with E-state index in [1.807, 2.05) is 26.8 Å². The van der Waals surface area contributed by atoms with Gasteiger partial charge in [-0.15, -0.1) is 0 Å². The minimum atomic E-state index is -0.559. The van der Waals surface area contributed by atoms with Gasteiger partial charge >= 0.3 is 5.63 Å². The van der Waals surface area contributed by atoms with E-state index in [-0.39, 0.29) is 12.4 Å². The van der Waals surface area contributed by atoms with Crippen LogP contribution in [0.4, 0.5) is 4.39 Å². The monoisotopic (exact) mass is 364 g/mol. The second-order valence-electron chi connectivity index (χ2n) is 6.57. The summed E-state index contributed by atoms with van der Waals surface area (Å²) >= 11 is 0. The van der Waals surface area contributed by atoms with Gasteiger partial charge in [-0.1, -0.05) is 12.1 Å².